The van der Waals surface area contributed by atoms with Gasteiger partial charge in [0.05, 0.1) is 18.2 Å². The van der Waals surface area contributed by atoms with Gasteiger partial charge in [0.1, 0.15) is 0 Å². The molecule has 1 amide bonds. The predicted octanol–water partition coefficient (Wildman–Crippen LogP) is 2.82. The Balaban J connectivity index is 1.48. The maximum absolute atomic E-state index is 12.9. The summed E-state index contributed by atoms with van der Waals surface area (Å²) in [4.78, 5) is 14.1. The van der Waals surface area contributed by atoms with E-state index in [2.05, 4.69) is 46.9 Å². The van der Waals surface area contributed by atoms with Gasteiger partial charge in [0.25, 0.3) is 0 Å². The van der Waals surface area contributed by atoms with Gasteiger partial charge in [-0.25, -0.2) is 0 Å². The SMILES string of the molecule is CC(NC(=O)[C@H]1CNC[C@@H]1c1cnn(C)c1)c1cc2ccccc2s1. The van der Waals surface area contributed by atoms with Crippen molar-refractivity contribution in [2.24, 2.45) is 13.0 Å². The van der Waals surface area contributed by atoms with Crippen LogP contribution >= 0.6 is 11.3 Å². The molecule has 3 heterocycles. The average molecular weight is 354 g/mol. The number of amides is 1. The lowest BCUT2D eigenvalue weighted by Crippen LogP contribution is -2.35. The summed E-state index contributed by atoms with van der Waals surface area (Å²) >= 11 is 1.75. The lowest BCUT2D eigenvalue weighted by molar-refractivity contribution is -0.125. The average Bonchev–Trinajstić information content (AvgIpc) is 3.32. The Morgan fingerprint density at radius 3 is 3.00 bits per heavy atom. The van der Waals surface area contributed by atoms with Gasteiger partial charge in [0.2, 0.25) is 5.91 Å². The van der Waals surface area contributed by atoms with E-state index < -0.39 is 0 Å². The lowest BCUT2D eigenvalue weighted by Gasteiger charge is -2.20. The number of benzene rings is 1. The lowest BCUT2D eigenvalue weighted by atomic mass is 9.90. The normalized spacial score (nSPS) is 21.5. The van der Waals surface area contributed by atoms with Crippen molar-refractivity contribution >= 4 is 27.3 Å². The second-order valence-corrected chi connectivity index (χ2v) is 7.85. The predicted molar refractivity (Wildman–Crippen MR) is 101 cm³/mol. The first kappa shape index (κ1) is 16.3. The monoisotopic (exact) mass is 354 g/mol. The molecule has 130 valence electrons. The Kier molecular flexibility index (Phi) is 4.31. The number of hydrogen-bond donors (Lipinski definition) is 2. The molecule has 0 radical (unpaired) electrons. The zero-order valence-electron chi connectivity index (χ0n) is 14.4. The van der Waals surface area contributed by atoms with Gasteiger partial charge in [-0.1, -0.05) is 18.2 Å². The quantitative estimate of drug-likeness (QED) is 0.757. The summed E-state index contributed by atoms with van der Waals surface area (Å²) in [5.41, 5.74) is 1.13. The first-order valence-corrected chi connectivity index (χ1v) is 9.41. The first-order chi connectivity index (χ1) is 12.1. The zero-order chi connectivity index (χ0) is 17.4. The minimum atomic E-state index is -0.0546. The fraction of sp³-hybridized carbons (Fsp3) is 0.368. The minimum Gasteiger partial charge on any atom is -0.348 e. The topological polar surface area (TPSA) is 59.0 Å². The number of aryl methyl sites for hydroxylation is 1. The van der Waals surface area contributed by atoms with Gasteiger partial charge in [-0.2, -0.15) is 5.10 Å². The molecule has 1 saturated heterocycles. The van der Waals surface area contributed by atoms with Gasteiger partial charge in [-0.3, -0.25) is 9.48 Å². The highest BCUT2D eigenvalue weighted by Crippen LogP contribution is 2.31. The van der Waals surface area contributed by atoms with Crippen molar-refractivity contribution in [2.45, 2.75) is 18.9 Å². The minimum absolute atomic E-state index is 0.0139. The number of aromatic nitrogens is 2. The van der Waals surface area contributed by atoms with Gasteiger partial charge >= 0.3 is 0 Å². The third kappa shape index (κ3) is 3.19. The molecule has 1 aliphatic heterocycles. The Labute approximate surface area is 151 Å². The van der Waals surface area contributed by atoms with Crippen LogP contribution in [0.4, 0.5) is 0 Å². The largest absolute Gasteiger partial charge is 0.348 e. The third-order valence-electron chi connectivity index (χ3n) is 4.93. The van der Waals surface area contributed by atoms with E-state index in [4.69, 9.17) is 0 Å². The van der Waals surface area contributed by atoms with E-state index in [1.807, 2.05) is 25.5 Å². The van der Waals surface area contributed by atoms with E-state index in [1.165, 1.54) is 15.0 Å². The fourth-order valence-electron chi connectivity index (χ4n) is 3.54. The van der Waals surface area contributed by atoms with Crippen molar-refractivity contribution in [1.82, 2.24) is 20.4 Å². The molecule has 6 heteroatoms. The van der Waals surface area contributed by atoms with Gasteiger partial charge in [0.15, 0.2) is 0 Å². The van der Waals surface area contributed by atoms with Crippen LogP contribution in [0.2, 0.25) is 0 Å². The van der Waals surface area contributed by atoms with E-state index >= 15 is 0 Å². The van der Waals surface area contributed by atoms with E-state index in [0.717, 1.165) is 12.1 Å². The second kappa shape index (κ2) is 6.61. The summed E-state index contributed by atoms with van der Waals surface area (Å²) in [6, 6.07) is 10.5. The van der Waals surface area contributed by atoms with Crippen LogP contribution in [-0.2, 0) is 11.8 Å². The molecule has 0 aliphatic carbocycles. The third-order valence-corrected chi connectivity index (χ3v) is 6.23. The fourth-order valence-corrected chi connectivity index (χ4v) is 4.61. The highest BCUT2D eigenvalue weighted by molar-refractivity contribution is 7.19. The highest BCUT2D eigenvalue weighted by atomic mass is 32.1. The maximum Gasteiger partial charge on any atom is 0.225 e. The van der Waals surface area contributed by atoms with Crippen molar-refractivity contribution in [1.29, 1.82) is 0 Å². The van der Waals surface area contributed by atoms with Crippen LogP contribution in [0.1, 0.15) is 29.3 Å². The number of carbonyl (C=O) groups excluding carboxylic acids is 1. The number of nitrogens with one attached hydrogen (secondary N) is 2. The highest BCUT2D eigenvalue weighted by Gasteiger charge is 2.35. The summed E-state index contributed by atoms with van der Waals surface area (Å²) < 4.78 is 3.05. The van der Waals surface area contributed by atoms with E-state index in [-0.39, 0.29) is 23.8 Å². The summed E-state index contributed by atoms with van der Waals surface area (Å²) in [7, 11) is 1.91. The Bertz CT molecular complexity index is 867. The van der Waals surface area contributed by atoms with E-state index in [1.54, 1.807) is 16.0 Å². The van der Waals surface area contributed by atoms with Crippen LogP contribution < -0.4 is 10.6 Å². The van der Waals surface area contributed by atoms with Crippen molar-refractivity contribution in [3.8, 4) is 0 Å². The van der Waals surface area contributed by atoms with Crippen LogP contribution in [-0.4, -0.2) is 28.8 Å². The molecule has 0 saturated carbocycles. The Morgan fingerprint density at radius 1 is 1.40 bits per heavy atom. The van der Waals surface area contributed by atoms with Crippen LogP contribution in [0.3, 0.4) is 0 Å². The number of nitrogens with zero attached hydrogens (tertiary/aromatic N) is 2. The summed E-state index contributed by atoms with van der Waals surface area (Å²) in [5, 5.41) is 12.0. The van der Waals surface area contributed by atoms with Gasteiger partial charge in [0, 0.05) is 41.8 Å². The molecule has 1 aromatic carbocycles. The number of carbonyl (C=O) groups is 1. The second-order valence-electron chi connectivity index (χ2n) is 6.74. The van der Waals surface area contributed by atoms with Gasteiger partial charge in [-0.15, -0.1) is 11.3 Å². The molecule has 2 aromatic heterocycles. The van der Waals surface area contributed by atoms with Crippen LogP contribution in [0, 0.1) is 5.92 Å². The molecule has 0 bridgehead atoms. The van der Waals surface area contributed by atoms with Crippen molar-refractivity contribution in [3.05, 3.63) is 53.2 Å². The van der Waals surface area contributed by atoms with Crippen LogP contribution in [0.5, 0.6) is 0 Å². The van der Waals surface area contributed by atoms with Gasteiger partial charge < -0.3 is 10.6 Å². The maximum atomic E-state index is 12.9. The molecule has 0 spiro atoms. The summed E-state index contributed by atoms with van der Waals surface area (Å²) in [5.74, 6) is 0.244. The van der Waals surface area contributed by atoms with Crippen molar-refractivity contribution in [3.63, 3.8) is 0 Å². The molecule has 1 aliphatic rings. The molecule has 5 nitrogen and oxygen atoms in total. The number of hydrogen-bond acceptors (Lipinski definition) is 4. The van der Waals surface area contributed by atoms with Crippen molar-refractivity contribution < 1.29 is 4.79 Å². The Hall–Kier alpha value is -2.18. The molecule has 4 rings (SSSR count). The molecule has 1 unspecified atom stereocenters. The summed E-state index contributed by atoms with van der Waals surface area (Å²) in [6.45, 7) is 3.59. The van der Waals surface area contributed by atoms with Crippen LogP contribution in [0.25, 0.3) is 10.1 Å². The van der Waals surface area contributed by atoms with E-state index in [0.29, 0.717) is 6.54 Å². The van der Waals surface area contributed by atoms with Crippen molar-refractivity contribution in [2.75, 3.05) is 13.1 Å². The van der Waals surface area contributed by atoms with Gasteiger partial charge in [-0.05, 0) is 30.0 Å². The number of fused-ring (bicyclic) bond motifs is 1. The molecular weight excluding hydrogens is 332 g/mol. The molecule has 3 aromatic rings. The zero-order valence-corrected chi connectivity index (χ0v) is 15.2. The van der Waals surface area contributed by atoms with E-state index in [9.17, 15) is 4.79 Å². The van der Waals surface area contributed by atoms with Crippen LogP contribution in [0.15, 0.2) is 42.7 Å². The molecule has 25 heavy (non-hydrogen) atoms. The number of thiophene rings is 1. The molecule has 2 N–H and O–H groups in total. The number of rotatable bonds is 4. The molecular formula is C19H22N4OS. The summed E-state index contributed by atoms with van der Waals surface area (Å²) in [6.07, 6.45) is 3.88. The molecule has 1 fully saturated rings. The first-order valence-electron chi connectivity index (χ1n) is 8.60. The Morgan fingerprint density at radius 2 is 2.24 bits per heavy atom. The molecule has 3 atom stereocenters. The standard InChI is InChI=1S/C19H22N4OS/c1-12(18-7-13-5-3-4-6-17(13)25-18)22-19(24)16-10-20-9-15(16)14-8-21-23(2)11-14/h3-8,11-12,15-16,20H,9-10H2,1-2H3,(H,22,24)/t12?,15-,16+/m1/s1. The smallest absolute Gasteiger partial charge is 0.225 e.